The van der Waals surface area contributed by atoms with Crippen LogP contribution in [0.2, 0.25) is 0 Å². The summed E-state index contributed by atoms with van der Waals surface area (Å²) in [5.74, 6) is 1.27. The van der Waals surface area contributed by atoms with Gasteiger partial charge in [0, 0.05) is 10.8 Å². The first kappa shape index (κ1) is 21.1. The average Bonchev–Trinajstić information content (AvgIpc) is 2.70. The summed E-state index contributed by atoms with van der Waals surface area (Å²) in [6.07, 6.45) is 0. The van der Waals surface area contributed by atoms with Crippen LogP contribution in [0.15, 0.2) is 72.8 Å². The molecule has 0 saturated carbocycles. The van der Waals surface area contributed by atoms with Crippen LogP contribution in [0.5, 0.6) is 17.2 Å². The van der Waals surface area contributed by atoms with Gasteiger partial charge in [0.2, 0.25) is 0 Å². The van der Waals surface area contributed by atoms with Crippen LogP contribution in [-0.4, -0.2) is 15.3 Å². The van der Waals surface area contributed by atoms with E-state index in [4.69, 9.17) is 0 Å². The molecule has 0 fully saturated rings. The number of hydrogen-bond acceptors (Lipinski definition) is 3. The molecule has 0 radical (unpaired) electrons. The van der Waals surface area contributed by atoms with Crippen molar-refractivity contribution < 1.29 is 15.3 Å². The smallest absolute Gasteiger partial charge is 0.123 e. The molecule has 28 heavy (non-hydrogen) atoms. The molecule has 3 N–H and O–H groups in total. The summed E-state index contributed by atoms with van der Waals surface area (Å²) in [4.78, 5) is 0. The van der Waals surface area contributed by atoms with Gasteiger partial charge in [-0.25, -0.2) is 0 Å². The number of hydrogen-bond donors (Lipinski definition) is 3. The van der Waals surface area contributed by atoms with Crippen LogP contribution < -0.4 is 0 Å². The standard InChI is InChI=1S/C13H14O.C10H8O2.C2H6/c1-9(2)10-3-4-12-8-13(14)6-5-11(12)7-10;11-9-5-1-3-7-8(9)4-2-6-10(7)12;1-2/h3-9,14H,1-2H3;1-6,11-12H;1-2H3. The lowest BCUT2D eigenvalue weighted by molar-refractivity contribution is 0.475. The van der Waals surface area contributed by atoms with Gasteiger partial charge in [-0.05, 0) is 46.5 Å². The number of aromatic hydroxyl groups is 3. The second kappa shape index (κ2) is 9.65. The zero-order valence-electron chi connectivity index (χ0n) is 16.8. The molecular weight excluding hydrogens is 348 g/mol. The van der Waals surface area contributed by atoms with Crippen molar-refractivity contribution in [2.75, 3.05) is 0 Å². The van der Waals surface area contributed by atoms with E-state index in [1.165, 1.54) is 10.9 Å². The minimum absolute atomic E-state index is 0.198. The second-order valence-corrected chi connectivity index (χ2v) is 6.59. The van der Waals surface area contributed by atoms with Gasteiger partial charge in [-0.2, -0.15) is 0 Å². The molecule has 0 atom stereocenters. The van der Waals surface area contributed by atoms with E-state index in [0.717, 1.165) is 5.39 Å². The Balaban J connectivity index is 0.000000186. The molecule has 146 valence electrons. The summed E-state index contributed by atoms with van der Waals surface area (Å²) in [5, 5.41) is 31.7. The Labute approximate surface area is 166 Å². The third-order valence-corrected chi connectivity index (χ3v) is 4.39. The van der Waals surface area contributed by atoms with Crippen molar-refractivity contribution in [1.29, 1.82) is 0 Å². The molecule has 0 amide bonds. The highest BCUT2D eigenvalue weighted by Crippen LogP contribution is 2.30. The molecule has 0 aliphatic carbocycles. The Morgan fingerprint density at radius 1 is 0.607 bits per heavy atom. The topological polar surface area (TPSA) is 60.7 Å². The van der Waals surface area contributed by atoms with Crippen LogP contribution in [-0.2, 0) is 0 Å². The van der Waals surface area contributed by atoms with E-state index < -0.39 is 0 Å². The molecule has 3 heteroatoms. The summed E-state index contributed by atoms with van der Waals surface area (Å²) in [6, 6.07) is 22.0. The summed E-state index contributed by atoms with van der Waals surface area (Å²) < 4.78 is 0. The first-order valence-corrected chi connectivity index (χ1v) is 9.58. The van der Waals surface area contributed by atoms with E-state index in [2.05, 4.69) is 32.0 Å². The van der Waals surface area contributed by atoms with Gasteiger partial charge in [0.1, 0.15) is 17.2 Å². The monoisotopic (exact) mass is 376 g/mol. The maximum Gasteiger partial charge on any atom is 0.123 e. The summed E-state index contributed by atoms with van der Waals surface area (Å²) in [7, 11) is 0. The van der Waals surface area contributed by atoms with Crippen LogP contribution in [0.3, 0.4) is 0 Å². The quantitative estimate of drug-likeness (QED) is 0.337. The van der Waals surface area contributed by atoms with Gasteiger partial charge in [-0.1, -0.05) is 76.2 Å². The normalized spacial score (nSPS) is 10.2. The van der Waals surface area contributed by atoms with Gasteiger partial charge >= 0.3 is 0 Å². The van der Waals surface area contributed by atoms with E-state index >= 15 is 0 Å². The first-order valence-electron chi connectivity index (χ1n) is 9.58. The summed E-state index contributed by atoms with van der Waals surface area (Å²) in [5.41, 5.74) is 1.34. The Bertz CT molecular complexity index is 1010. The van der Waals surface area contributed by atoms with Crippen molar-refractivity contribution in [2.24, 2.45) is 0 Å². The van der Waals surface area contributed by atoms with Crippen LogP contribution in [0.25, 0.3) is 21.5 Å². The number of rotatable bonds is 1. The maximum absolute atomic E-state index is 9.38. The Morgan fingerprint density at radius 3 is 1.64 bits per heavy atom. The Kier molecular flexibility index (Phi) is 7.28. The molecule has 0 unspecified atom stereocenters. The SMILES string of the molecule is CC.CC(C)c1ccc2cc(O)ccc2c1.Oc1cccc2c(O)cccc12. The Morgan fingerprint density at radius 2 is 1.11 bits per heavy atom. The van der Waals surface area contributed by atoms with Gasteiger partial charge in [0.25, 0.3) is 0 Å². The predicted octanol–water partition coefficient (Wildman–Crippen LogP) is 6.95. The van der Waals surface area contributed by atoms with Crippen molar-refractivity contribution >= 4 is 21.5 Å². The molecule has 0 spiro atoms. The molecule has 0 saturated heterocycles. The highest BCUT2D eigenvalue weighted by Gasteiger charge is 2.01. The van der Waals surface area contributed by atoms with Gasteiger partial charge in [0.15, 0.2) is 0 Å². The molecule has 0 aromatic heterocycles. The van der Waals surface area contributed by atoms with Crippen molar-refractivity contribution in [1.82, 2.24) is 0 Å². The highest BCUT2D eigenvalue weighted by atomic mass is 16.3. The lowest BCUT2D eigenvalue weighted by Gasteiger charge is -2.06. The summed E-state index contributed by atoms with van der Waals surface area (Å²) in [6.45, 7) is 8.36. The van der Waals surface area contributed by atoms with E-state index in [9.17, 15) is 15.3 Å². The van der Waals surface area contributed by atoms with Crippen LogP contribution in [0.4, 0.5) is 0 Å². The molecule has 0 aliphatic rings. The minimum atomic E-state index is 0.198. The zero-order chi connectivity index (χ0) is 20.7. The van der Waals surface area contributed by atoms with Crippen molar-refractivity contribution in [3.63, 3.8) is 0 Å². The van der Waals surface area contributed by atoms with Crippen LogP contribution in [0.1, 0.15) is 39.2 Å². The molecule has 4 aromatic rings. The molecule has 0 bridgehead atoms. The van der Waals surface area contributed by atoms with Gasteiger partial charge in [-0.15, -0.1) is 0 Å². The lowest BCUT2D eigenvalue weighted by atomic mass is 9.99. The molecule has 4 aromatic carbocycles. The number of phenols is 3. The third kappa shape index (κ3) is 4.95. The number of benzene rings is 4. The van der Waals surface area contributed by atoms with Crippen LogP contribution >= 0.6 is 0 Å². The van der Waals surface area contributed by atoms with Gasteiger partial charge in [-0.3, -0.25) is 0 Å². The van der Waals surface area contributed by atoms with E-state index in [1.54, 1.807) is 48.5 Å². The second-order valence-electron chi connectivity index (χ2n) is 6.59. The van der Waals surface area contributed by atoms with E-state index in [0.29, 0.717) is 22.4 Å². The molecule has 0 aliphatic heterocycles. The maximum atomic E-state index is 9.38. The van der Waals surface area contributed by atoms with Crippen molar-refractivity contribution in [3.8, 4) is 17.2 Å². The van der Waals surface area contributed by atoms with Crippen molar-refractivity contribution in [2.45, 2.75) is 33.6 Å². The average molecular weight is 376 g/mol. The van der Waals surface area contributed by atoms with Crippen molar-refractivity contribution in [3.05, 3.63) is 78.4 Å². The van der Waals surface area contributed by atoms with Gasteiger partial charge in [0.05, 0.1) is 0 Å². The van der Waals surface area contributed by atoms with E-state index in [-0.39, 0.29) is 11.5 Å². The first-order chi connectivity index (χ1) is 13.5. The number of fused-ring (bicyclic) bond motifs is 2. The third-order valence-electron chi connectivity index (χ3n) is 4.39. The fourth-order valence-electron chi connectivity index (χ4n) is 2.89. The lowest BCUT2D eigenvalue weighted by Crippen LogP contribution is -1.86. The molecule has 0 heterocycles. The highest BCUT2D eigenvalue weighted by molar-refractivity contribution is 5.92. The molecular formula is C25H28O3. The molecule has 4 rings (SSSR count). The number of phenolic OH excluding ortho intramolecular Hbond substituents is 3. The predicted molar refractivity (Wildman–Crippen MR) is 118 cm³/mol. The summed E-state index contributed by atoms with van der Waals surface area (Å²) >= 11 is 0. The molecule has 3 nitrogen and oxygen atoms in total. The fraction of sp³-hybridized carbons (Fsp3) is 0.200. The fourth-order valence-corrected chi connectivity index (χ4v) is 2.89. The zero-order valence-corrected chi connectivity index (χ0v) is 16.8. The van der Waals surface area contributed by atoms with Crippen LogP contribution in [0, 0.1) is 0 Å². The Hall–Kier alpha value is -3.20. The minimum Gasteiger partial charge on any atom is -0.508 e. The van der Waals surface area contributed by atoms with Gasteiger partial charge < -0.3 is 15.3 Å². The largest absolute Gasteiger partial charge is 0.508 e. The van der Waals surface area contributed by atoms with E-state index in [1.807, 2.05) is 19.9 Å².